The van der Waals surface area contributed by atoms with Crippen LogP contribution in [-0.2, 0) is 16.1 Å². The molecule has 3 heterocycles. The van der Waals surface area contributed by atoms with Crippen LogP contribution in [0.1, 0.15) is 37.5 Å². The van der Waals surface area contributed by atoms with Gasteiger partial charge in [-0.15, -0.1) is 0 Å². The molecule has 1 aromatic carbocycles. The first-order valence-corrected chi connectivity index (χ1v) is 9.80. The maximum atomic E-state index is 13.2. The number of nitrogens with zero attached hydrogens (tertiary/aromatic N) is 2. The molecule has 0 unspecified atom stereocenters. The lowest BCUT2D eigenvalue weighted by Crippen LogP contribution is -2.33. The summed E-state index contributed by atoms with van der Waals surface area (Å²) < 4.78 is 11.0. The fraction of sp³-hybridized carbons (Fsp3) is 0.364. The third-order valence-corrected chi connectivity index (χ3v) is 5.08. The Balaban J connectivity index is 1.67. The molecule has 2 aliphatic rings. The number of hydrogen-bond donors (Lipinski definition) is 0. The number of imide groups is 1. The highest BCUT2D eigenvalue weighted by molar-refractivity contribution is 6.35. The van der Waals surface area contributed by atoms with Crippen LogP contribution in [0.15, 0.2) is 52.8 Å². The van der Waals surface area contributed by atoms with Gasteiger partial charge in [-0.25, -0.2) is 0 Å². The highest BCUT2D eigenvalue weighted by Crippen LogP contribution is 2.34. The molecule has 146 valence electrons. The van der Waals surface area contributed by atoms with Crippen molar-refractivity contribution < 1.29 is 18.7 Å². The summed E-state index contributed by atoms with van der Waals surface area (Å²) in [4.78, 5) is 29.7. The van der Waals surface area contributed by atoms with E-state index in [4.69, 9.17) is 9.15 Å². The molecule has 1 saturated heterocycles. The number of furan rings is 1. The number of ether oxygens (including phenoxy) is 1. The minimum atomic E-state index is -0.273. The lowest BCUT2D eigenvalue weighted by Gasteiger charge is -2.19. The second-order valence-electron chi connectivity index (χ2n) is 7.07. The van der Waals surface area contributed by atoms with Crippen molar-refractivity contribution in [1.29, 1.82) is 0 Å². The Labute approximate surface area is 164 Å². The molecule has 6 heteroatoms. The van der Waals surface area contributed by atoms with Gasteiger partial charge in [0.2, 0.25) is 0 Å². The summed E-state index contributed by atoms with van der Waals surface area (Å²) in [7, 11) is 0. The second-order valence-corrected chi connectivity index (χ2v) is 7.07. The van der Waals surface area contributed by atoms with Crippen LogP contribution in [0, 0.1) is 0 Å². The molecule has 2 aliphatic heterocycles. The second kappa shape index (κ2) is 7.92. The largest absolute Gasteiger partial charge is 0.494 e. The average molecular weight is 380 g/mol. The molecule has 6 nitrogen and oxygen atoms in total. The summed E-state index contributed by atoms with van der Waals surface area (Å²) in [5, 5.41) is 0. The number of rotatable bonds is 7. The Hall–Kier alpha value is -3.02. The van der Waals surface area contributed by atoms with E-state index in [2.05, 4.69) is 6.92 Å². The van der Waals surface area contributed by atoms with Gasteiger partial charge in [0.25, 0.3) is 11.8 Å². The van der Waals surface area contributed by atoms with Crippen LogP contribution in [-0.4, -0.2) is 41.3 Å². The summed E-state index contributed by atoms with van der Waals surface area (Å²) >= 11 is 0. The Bertz CT molecular complexity index is 878. The predicted molar refractivity (Wildman–Crippen MR) is 104 cm³/mol. The normalized spacial score (nSPS) is 17.2. The van der Waals surface area contributed by atoms with Gasteiger partial charge in [-0.3, -0.25) is 14.5 Å². The number of benzene rings is 1. The zero-order chi connectivity index (χ0) is 19.5. The number of amides is 2. The SMILES string of the molecule is CCCOc1ccc(C2=C(N3CCCC3)C(=O)N(Cc3ccco3)C2=O)cc1. The Morgan fingerprint density at radius 3 is 2.43 bits per heavy atom. The maximum Gasteiger partial charge on any atom is 0.278 e. The van der Waals surface area contributed by atoms with Crippen molar-refractivity contribution in [3.05, 3.63) is 59.7 Å². The van der Waals surface area contributed by atoms with Gasteiger partial charge in [0, 0.05) is 13.1 Å². The maximum absolute atomic E-state index is 13.2. The van der Waals surface area contributed by atoms with E-state index in [9.17, 15) is 9.59 Å². The summed E-state index contributed by atoms with van der Waals surface area (Å²) in [6.45, 7) is 4.44. The van der Waals surface area contributed by atoms with E-state index in [0.29, 0.717) is 23.6 Å². The third-order valence-electron chi connectivity index (χ3n) is 5.08. The molecule has 0 spiro atoms. The summed E-state index contributed by atoms with van der Waals surface area (Å²) in [6, 6.07) is 11.0. The van der Waals surface area contributed by atoms with Crippen LogP contribution in [0.3, 0.4) is 0 Å². The summed E-state index contributed by atoms with van der Waals surface area (Å²) in [5.74, 6) is 0.834. The van der Waals surface area contributed by atoms with E-state index >= 15 is 0 Å². The van der Waals surface area contributed by atoms with Crippen molar-refractivity contribution in [3.63, 3.8) is 0 Å². The van der Waals surface area contributed by atoms with E-state index in [0.717, 1.165) is 43.7 Å². The van der Waals surface area contributed by atoms with Crippen molar-refractivity contribution in [2.24, 2.45) is 0 Å². The van der Waals surface area contributed by atoms with Crippen LogP contribution >= 0.6 is 0 Å². The molecular weight excluding hydrogens is 356 g/mol. The standard InChI is InChI=1S/C22H24N2O4/c1-2-13-27-17-9-7-16(8-10-17)19-20(23-11-3-4-12-23)22(26)24(21(19)25)15-18-6-5-14-28-18/h5-10,14H,2-4,11-13,15H2,1H3. The van der Waals surface area contributed by atoms with Gasteiger partial charge in [0.15, 0.2) is 0 Å². The van der Waals surface area contributed by atoms with Crippen LogP contribution < -0.4 is 4.74 Å². The first-order valence-electron chi connectivity index (χ1n) is 9.80. The Kier molecular flexibility index (Phi) is 5.19. The minimum absolute atomic E-state index is 0.142. The smallest absolute Gasteiger partial charge is 0.278 e. The Morgan fingerprint density at radius 2 is 1.79 bits per heavy atom. The fourth-order valence-corrected chi connectivity index (χ4v) is 3.70. The molecule has 0 bridgehead atoms. The third kappa shape index (κ3) is 3.42. The molecule has 2 aromatic rings. The monoisotopic (exact) mass is 380 g/mol. The molecule has 0 N–H and O–H groups in total. The summed E-state index contributed by atoms with van der Waals surface area (Å²) in [5.41, 5.74) is 1.72. The van der Waals surface area contributed by atoms with Gasteiger partial charge in [-0.1, -0.05) is 19.1 Å². The zero-order valence-corrected chi connectivity index (χ0v) is 16.0. The molecule has 1 fully saturated rings. The van der Waals surface area contributed by atoms with Gasteiger partial charge in [-0.05, 0) is 49.1 Å². The topological polar surface area (TPSA) is 63.0 Å². The lowest BCUT2D eigenvalue weighted by molar-refractivity contribution is -0.138. The molecule has 0 aliphatic carbocycles. The zero-order valence-electron chi connectivity index (χ0n) is 16.0. The molecule has 28 heavy (non-hydrogen) atoms. The Morgan fingerprint density at radius 1 is 1.04 bits per heavy atom. The van der Waals surface area contributed by atoms with Crippen molar-refractivity contribution in [3.8, 4) is 5.75 Å². The lowest BCUT2D eigenvalue weighted by atomic mass is 10.0. The highest BCUT2D eigenvalue weighted by atomic mass is 16.5. The first-order chi connectivity index (χ1) is 13.7. The van der Waals surface area contributed by atoms with Crippen LogP contribution in [0.5, 0.6) is 5.75 Å². The van der Waals surface area contributed by atoms with Gasteiger partial charge < -0.3 is 14.1 Å². The van der Waals surface area contributed by atoms with Crippen molar-refractivity contribution in [2.45, 2.75) is 32.7 Å². The molecule has 2 amide bonds. The highest BCUT2D eigenvalue weighted by Gasteiger charge is 2.42. The number of hydrogen-bond acceptors (Lipinski definition) is 5. The van der Waals surface area contributed by atoms with Gasteiger partial charge in [0.1, 0.15) is 17.2 Å². The van der Waals surface area contributed by atoms with Gasteiger partial charge >= 0.3 is 0 Å². The van der Waals surface area contributed by atoms with Crippen LogP contribution in [0.2, 0.25) is 0 Å². The van der Waals surface area contributed by atoms with E-state index in [1.807, 2.05) is 29.2 Å². The van der Waals surface area contributed by atoms with E-state index in [1.165, 1.54) is 4.90 Å². The molecule has 0 radical (unpaired) electrons. The average Bonchev–Trinajstić information content (AvgIpc) is 3.45. The summed E-state index contributed by atoms with van der Waals surface area (Å²) in [6.07, 6.45) is 4.53. The fourth-order valence-electron chi connectivity index (χ4n) is 3.70. The predicted octanol–water partition coefficient (Wildman–Crippen LogP) is 3.44. The van der Waals surface area contributed by atoms with Crippen molar-refractivity contribution in [2.75, 3.05) is 19.7 Å². The molecule has 1 aromatic heterocycles. The van der Waals surface area contributed by atoms with E-state index in [-0.39, 0.29) is 18.4 Å². The molecule has 0 saturated carbocycles. The minimum Gasteiger partial charge on any atom is -0.494 e. The van der Waals surface area contributed by atoms with Gasteiger partial charge in [-0.2, -0.15) is 0 Å². The van der Waals surface area contributed by atoms with Crippen molar-refractivity contribution in [1.82, 2.24) is 9.80 Å². The molecule has 0 atom stereocenters. The van der Waals surface area contributed by atoms with E-state index in [1.54, 1.807) is 18.4 Å². The number of likely N-dealkylation sites (tertiary alicyclic amines) is 1. The number of carbonyl (C=O) groups excluding carboxylic acids is 2. The molecule has 4 rings (SSSR count). The first kappa shape index (κ1) is 18.3. The number of carbonyl (C=O) groups is 2. The van der Waals surface area contributed by atoms with E-state index < -0.39 is 0 Å². The van der Waals surface area contributed by atoms with Crippen LogP contribution in [0.4, 0.5) is 0 Å². The van der Waals surface area contributed by atoms with Crippen molar-refractivity contribution >= 4 is 17.4 Å². The van der Waals surface area contributed by atoms with Gasteiger partial charge in [0.05, 0.1) is 25.0 Å². The quantitative estimate of drug-likeness (QED) is 0.689. The van der Waals surface area contributed by atoms with Crippen LogP contribution in [0.25, 0.3) is 5.57 Å². The molecular formula is C22H24N2O4.